The fourth-order valence-electron chi connectivity index (χ4n) is 9.59. The second-order valence-electron chi connectivity index (χ2n) is 18.2. The maximum atomic E-state index is 13.0. The third-order valence-corrected chi connectivity index (χ3v) is 13.9. The van der Waals surface area contributed by atoms with Crippen LogP contribution in [0, 0.1) is 32.1 Å². The van der Waals surface area contributed by atoms with Gasteiger partial charge in [-0.05, 0) is 73.3 Å². The number of aryl methyl sites for hydroxylation is 1. The van der Waals surface area contributed by atoms with Gasteiger partial charge >= 0.3 is 18.9 Å². The number of ether oxygens (including phenoxy) is 3. The van der Waals surface area contributed by atoms with Gasteiger partial charge in [0.2, 0.25) is 11.8 Å². The number of likely N-dealkylation sites (tertiary alicyclic amines) is 1. The molecule has 0 saturated carbocycles. The summed E-state index contributed by atoms with van der Waals surface area (Å²) in [5, 5.41) is 3.77. The van der Waals surface area contributed by atoms with Crippen LogP contribution in [0.1, 0.15) is 66.9 Å². The Morgan fingerprint density at radius 1 is 0.859 bits per heavy atom. The van der Waals surface area contributed by atoms with Crippen molar-refractivity contribution in [1.82, 2.24) is 24.7 Å². The van der Waals surface area contributed by atoms with Crippen molar-refractivity contribution < 1.29 is 47.5 Å². The Morgan fingerprint density at radius 2 is 1.53 bits per heavy atom. The van der Waals surface area contributed by atoms with Gasteiger partial charge in [-0.1, -0.05) is 18.9 Å². The van der Waals surface area contributed by atoms with Crippen LogP contribution in [0.5, 0.6) is 11.5 Å². The molecule has 5 aliphatic heterocycles. The predicted octanol–water partition coefficient (Wildman–Crippen LogP) is 2.60. The number of nitrogens with one attached hydrogen (secondary N) is 1. The zero-order valence-electron chi connectivity index (χ0n) is 38.3. The number of aromatic nitrogens is 2. The number of anilines is 2. The number of hydrogen-bond donors (Lipinski definition) is 1. The Kier molecular flexibility index (Phi) is 13.9. The predicted molar refractivity (Wildman–Crippen MR) is 244 cm³/mol. The molecule has 4 saturated heterocycles. The van der Waals surface area contributed by atoms with Crippen molar-refractivity contribution >= 4 is 40.0 Å². The summed E-state index contributed by atoms with van der Waals surface area (Å²) in [6.07, 6.45) is 8.16. The second-order valence-corrected chi connectivity index (χ2v) is 18.2. The molecule has 9 rings (SSSR count). The van der Waals surface area contributed by atoms with Gasteiger partial charge in [0.15, 0.2) is 0 Å². The van der Waals surface area contributed by atoms with Crippen molar-refractivity contribution in [2.24, 2.45) is 18.4 Å². The van der Waals surface area contributed by atoms with Gasteiger partial charge in [0.05, 0.1) is 30.8 Å². The molecular formula is C49H60LiN7O7-2. The quantitative estimate of drug-likeness (QED) is 0.135. The van der Waals surface area contributed by atoms with E-state index >= 15 is 0 Å². The number of nitrogens with zero attached hydrogens (tertiary/aromatic N) is 6. The minimum absolute atomic E-state index is 0. The molecule has 2 aromatic carbocycles. The number of amides is 3. The summed E-state index contributed by atoms with van der Waals surface area (Å²) in [4.78, 5) is 62.4. The second kappa shape index (κ2) is 18.9. The first-order valence-electron chi connectivity index (χ1n) is 21.9. The van der Waals surface area contributed by atoms with E-state index in [1.807, 2.05) is 30.5 Å². The molecule has 0 bridgehead atoms. The zero-order valence-corrected chi connectivity index (χ0v) is 38.3. The maximum absolute atomic E-state index is 13.0. The van der Waals surface area contributed by atoms with Gasteiger partial charge in [0.25, 0.3) is 11.5 Å². The van der Waals surface area contributed by atoms with Gasteiger partial charge in [-0.3, -0.25) is 29.4 Å². The molecule has 4 fully saturated rings. The third-order valence-electron chi connectivity index (χ3n) is 13.9. The van der Waals surface area contributed by atoms with E-state index in [1.165, 1.54) is 0 Å². The smallest absolute Gasteiger partial charge is 0.496 e. The molecule has 15 heteroatoms. The minimum Gasteiger partial charge on any atom is -0.496 e. The van der Waals surface area contributed by atoms with Gasteiger partial charge in [0.1, 0.15) is 23.4 Å². The van der Waals surface area contributed by atoms with E-state index in [1.54, 1.807) is 44.0 Å². The number of pyridine rings is 2. The maximum Gasteiger partial charge on any atom is 1.00 e. The molecule has 3 amide bonds. The van der Waals surface area contributed by atoms with Crippen LogP contribution in [0.4, 0.5) is 11.5 Å². The SMILES string of the molecule is [CH2-]C1CCN(Cc2c(OC)cc(-c3cn(C)c(=O)c4cnc(N5CC(C)(OC)C5)cc34)cc2OC)CC1.[CH2-]CC1(C[CH2-])CN(c2ccc3c(c2)C(=O)N(C2CCC(=O)NC2=O)C3)C1.[Li+]. The molecule has 4 aromatic rings. The molecule has 5 aliphatic rings. The number of rotatable bonds is 11. The minimum atomic E-state index is -0.565. The standard InChI is InChI=1S/C29H37N4O4.C20H23N3O3.Li/c1-19-7-9-32(10-8-19)16-24-25(35-4)11-20(12-26(24)36-5)23-15-31(3)28(34)22-14-30-27(13-21(22)23)33-17-29(2,18-33)37-6;1-3-20(4-2)11-22(12-20)14-6-5-13-10-23(19(26)15(13)9-14)16-7-8-17(24)21-18(16)25;/h11-15,19H,1,7-10,16-18H2,2-6H3;5-6,9,16H,1-4,7-8,10-12H2,(H,21,24,25);/q-1;-2;+1. The van der Waals surface area contributed by atoms with Crippen LogP contribution in [0.15, 0.2) is 53.6 Å². The summed E-state index contributed by atoms with van der Waals surface area (Å²) < 4.78 is 19.0. The molecule has 1 N–H and O–H groups in total. The van der Waals surface area contributed by atoms with E-state index < -0.39 is 6.04 Å². The summed E-state index contributed by atoms with van der Waals surface area (Å²) in [5.74, 6) is 2.15. The molecular weight excluding hydrogens is 806 g/mol. The Bertz CT molecular complexity index is 2440. The summed E-state index contributed by atoms with van der Waals surface area (Å²) in [6.45, 7) is 20.9. The number of hydrogen-bond acceptors (Lipinski definition) is 11. The van der Waals surface area contributed by atoms with Gasteiger partial charge in [0, 0.05) is 94.4 Å². The molecule has 7 heterocycles. The van der Waals surface area contributed by atoms with Crippen LogP contribution in [0.25, 0.3) is 21.9 Å². The fraction of sp³-hybridized carbons (Fsp3) is 0.469. The van der Waals surface area contributed by atoms with Gasteiger partial charge in [-0.15, -0.1) is 0 Å². The normalized spacial score (nSPS) is 20.4. The van der Waals surface area contributed by atoms with Crippen molar-refractivity contribution in [3.63, 3.8) is 0 Å². The van der Waals surface area contributed by atoms with Crippen molar-refractivity contribution in [2.75, 3.05) is 70.4 Å². The average molecular weight is 866 g/mol. The van der Waals surface area contributed by atoms with Crippen molar-refractivity contribution in [1.29, 1.82) is 0 Å². The van der Waals surface area contributed by atoms with E-state index in [-0.39, 0.29) is 59.6 Å². The number of benzene rings is 2. The molecule has 1 unspecified atom stereocenters. The first kappa shape index (κ1) is 47.1. The first-order chi connectivity index (χ1) is 30.2. The topological polar surface area (TPSA) is 139 Å². The molecule has 0 spiro atoms. The summed E-state index contributed by atoms with van der Waals surface area (Å²) in [5.41, 5.74) is 5.44. The molecule has 2 aromatic heterocycles. The average Bonchev–Trinajstić information content (AvgIpc) is 3.59. The Morgan fingerprint density at radius 3 is 2.14 bits per heavy atom. The van der Waals surface area contributed by atoms with Crippen LogP contribution in [-0.2, 0) is 34.5 Å². The molecule has 1 atom stereocenters. The van der Waals surface area contributed by atoms with Gasteiger partial charge in [-0.2, -0.15) is 18.8 Å². The molecule has 0 radical (unpaired) electrons. The Hall–Kier alpha value is -4.87. The molecule has 14 nitrogen and oxygen atoms in total. The van der Waals surface area contributed by atoms with Crippen molar-refractivity contribution in [3.05, 3.63) is 96.6 Å². The van der Waals surface area contributed by atoms with E-state index in [0.29, 0.717) is 29.8 Å². The van der Waals surface area contributed by atoms with Crippen LogP contribution in [0.3, 0.4) is 0 Å². The number of imide groups is 1. The van der Waals surface area contributed by atoms with Crippen LogP contribution in [0.2, 0.25) is 0 Å². The third kappa shape index (κ3) is 9.04. The molecule has 336 valence electrons. The van der Waals surface area contributed by atoms with E-state index in [4.69, 9.17) is 14.2 Å². The number of fused-ring (bicyclic) bond motifs is 2. The van der Waals surface area contributed by atoms with E-state index in [2.05, 4.69) is 64.8 Å². The number of carbonyl (C=O) groups excluding carboxylic acids is 3. The molecule has 64 heavy (non-hydrogen) atoms. The Labute approximate surface area is 388 Å². The summed E-state index contributed by atoms with van der Waals surface area (Å²) in [6, 6.07) is 11.5. The summed E-state index contributed by atoms with van der Waals surface area (Å²) >= 11 is 0. The number of piperidine rings is 2. The first-order valence-corrected chi connectivity index (χ1v) is 21.9. The van der Waals surface area contributed by atoms with Crippen molar-refractivity contribution in [2.45, 2.75) is 70.2 Å². The number of methoxy groups -OCH3 is 3. The van der Waals surface area contributed by atoms with Crippen LogP contribution < -0.4 is 49.0 Å². The monoisotopic (exact) mass is 865 g/mol. The van der Waals surface area contributed by atoms with E-state index in [9.17, 15) is 19.2 Å². The number of carbonyl (C=O) groups is 3. The summed E-state index contributed by atoms with van der Waals surface area (Å²) in [7, 11) is 6.90. The van der Waals surface area contributed by atoms with Crippen molar-refractivity contribution in [3.8, 4) is 22.6 Å². The van der Waals surface area contributed by atoms with E-state index in [0.717, 1.165) is 122 Å². The zero-order chi connectivity index (χ0) is 44.8. The molecule has 0 aliphatic carbocycles. The van der Waals surface area contributed by atoms with Crippen LogP contribution >= 0.6 is 0 Å². The van der Waals surface area contributed by atoms with Gasteiger partial charge in [-0.25, -0.2) is 4.98 Å². The van der Waals surface area contributed by atoms with Crippen LogP contribution in [-0.4, -0.2) is 109 Å². The van der Waals surface area contributed by atoms with Gasteiger partial charge < -0.3 is 54.2 Å². The largest absolute Gasteiger partial charge is 1.00 e. The Balaban J connectivity index is 0.000000200. The fourth-order valence-corrected chi connectivity index (χ4v) is 9.59.